The number of amides is 1. The Hall–Kier alpha value is 0.300. The zero-order valence-electron chi connectivity index (χ0n) is 11.7. The molecule has 1 atom stereocenters. The van der Waals surface area contributed by atoms with E-state index in [9.17, 15) is 4.79 Å². The van der Waals surface area contributed by atoms with Crippen molar-refractivity contribution in [2.45, 2.75) is 68.9 Å². The van der Waals surface area contributed by atoms with Gasteiger partial charge in [0.05, 0.1) is 0 Å². The second kappa shape index (κ2) is 6.84. The summed E-state index contributed by atoms with van der Waals surface area (Å²) in [6.45, 7) is 5.50. The van der Waals surface area contributed by atoms with Gasteiger partial charge >= 0.3 is 0 Å². The van der Waals surface area contributed by atoms with Gasteiger partial charge in [-0.25, -0.2) is 0 Å². The Balaban J connectivity index is 2.64. The lowest BCUT2D eigenvalue weighted by molar-refractivity contribution is -0.129. The number of hydrogen-bond donors (Lipinski definition) is 2. The summed E-state index contributed by atoms with van der Waals surface area (Å²) in [6.07, 6.45) is 5.07. The van der Waals surface area contributed by atoms with Crippen LogP contribution in [-0.2, 0) is 4.79 Å². The maximum atomic E-state index is 12.0. The first kappa shape index (κ1) is 17.4. The molecule has 19 heavy (non-hydrogen) atoms. The summed E-state index contributed by atoms with van der Waals surface area (Å²) in [5, 5.41) is 6.07. The van der Waals surface area contributed by atoms with Crippen LogP contribution in [0.15, 0.2) is 0 Å². The molecule has 0 spiro atoms. The molecule has 0 bridgehead atoms. The Labute approximate surface area is 130 Å². The van der Waals surface area contributed by atoms with Crippen molar-refractivity contribution in [3.63, 3.8) is 0 Å². The lowest BCUT2D eigenvalue weighted by Crippen LogP contribution is -2.58. The SMILES string of the molecule is CC(C)(C)C(=O)NC(NC1CCCCC1)C(Cl)(Cl)Cl. The minimum absolute atomic E-state index is 0.132. The summed E-state index contributed by atoms with van der Waals surface area (Å²) in [5.41, 5.74) is -0.511. The number of halogens is 3. The van der Waals surface area contributed by atoms with Crippen molar-refractivity contribution in [1.82, 2.24) is 10.6 Å². The maximum absolute atomic E-state index is 12.0. The minimum atomic E-state index is -1.56. The fraction of sp³-hybridized carbons (Fsp3) is 0.923. The summed E-state index contributed by atoms with van der Waals surface area (Å²) in [6, 6.07) is 0.301. The highest BCUT2D eigenvalue weighted by molar-refractivity contribution is 6.68. The summed E-state index contributed by atoms with van der Waals surface area (Å²) in [7, 11) is 0. The van der Waals surface area contributed by atoms with Gasteiger partial charge in [0.15, 0.2) is 0 Å². The first-order valence-corrected chi connectivity index (χ1v) is 7.88. The number of nitrogens with one attached hydrogen (secondary N) is 2. The molecule has 6 heteroatoms. The highest BCUT2D eigenvalue weighted by Crippen LogP contribution is 2.31. The Kier molecular flexibility index (Phi) is 6.25. The molecule has 2 N–H and O–H groups in total. The van der Waals surface area contributed by atoms with E-state index in [1.165, 1.54) is 19.3 Å². The Bertz CT molecular complexity index is 304. The van der Waals surface area contributed by atoms with Crippen LogP contribution in [0.4, 0.5) is 0 Å². The van der Waals surface area contributed by atoms with E-state index in [4.69, 9.17) is 34.8 Å². The second-order valence-electron chi connectivity index (χ2n) is 6.20. The minimum Gasteiger partial charge on any atom is -0.336 e. The quantitative estimate of drug-likeness (QED) is 0.611. The van der Waals surface area contributed by atoms with Crippen molar-refractivity contribution in [2.24, 2.45) is 5.41 Å². The first-order valence-electron chi connectivity index (χ1n) is 6.74. The predicted octanol–water partition coefficient (Wildman–Crippen LogP) is 3.77. The molecule has 0 radical (unpaired) electrons. The van der Waals surface area contributed by atoms with Gasteiger partial charge in [0.25, 0.3) is 0 Å². The van der Waals surface area contributed by atoms with Gasteiger partial charge in [-0.2, -0.15) is 0 Å². The highest BCUT2D eigenvalue weighted by Gasteiger charge is 2.37. The molecule has 1 fully saturated rings. The fourth-order valence-corrected chi connectivity index (χ4v) is 2.42. The molecule has 0 saturated heterocycles. The third kappa shape index (κ3) is 6.07. The molecular weight excluding hydrogens is 307 g/mol. The fourth-order valence-electron chi connectivity index (χ4n) is 2.07. The number of alkyl halides is 3. The largest absolute Gasteiger partial charge is 0.336 e. The molecule has 0 aromatic heterocycles. The lowest BCUT2D eigenvalue weighted by atomic mass is 9.94. The van der Waals surface area contributed by atoms with E-state index in [1.807, 2.05) is 20.8 Å². The van der Waals surface area contributed by atoms with Gasteiger partial charge in [-0.3, -0.25) is 10.1 Å². The normalized spacial score (nSPS) is 20.1. The molecular formula is C13H23Cl3N2O. The van der Waals surface area contributed by atoms with Crippen LogP contribution in [0.2, 0.25) is 0 Å². The van der Waals surface area contributed by atoms with Gasteiger partial charge in [0.1, 0.15) is 6.17 Å². The van der Waals surface area contributed by atoms with Crippen molar-refractivity contribution in [2.75, 3.05) is 0 Å². The van der Waals surface area contributed by atoms with Gasteiger partial charge in [-0.1, -0.05) is 74.8 Å². The molecule has 1 unspecified atom stereocenters. The average Bonchev–Trinajstić information content (AvgIpc) is 2.27. The number of hydrogen-bond acceptors (Lipinski definition) is 2. The monoisotopic (exact) mass is 328 g/mol. The van der Waals surface area contributed by atoms with Crippen LogP contribution >= 0.6 is 34.8 Å². The van der Waals surface area contributed by atoms with Crippen molar-refractivity contribution in [3.8, 4) is 0 Å². The smallest absolute Gasteiger partial charge is 0.226 e. The highest BCUT2D eigenvalue weighted by atomic mass is 35.6. The number of rotatable bonds is 3. The van der Waals surface area contributed by atoms with E-state index in [1.54, 1.807) is 0 Å². The van der Waals surface area contributed by atoms with Crippen LogP contribution in [0.25, 0.3) is 0 Å². The molecule has 1 amide bonds. The topological polar surface area (TPSA) is 41.1 Å². The standard InChI is InChI=1S/C13H23Cl3N2O/c1-12(2,3)11(19)18-10(13(14,15)16)17-9-7-5-4-6-8-9/h9-10,17H,4-8H2,1-3H3,(H,18,19). The molecule has 3 nitrogen and oxygen atoms in total. The van der Waals surface area contributed by atoms with E-state index < -0.39 is 15.4 Å². The zero-order chi connectivity index (χ0) is 14.7. The molecule has 1 aliphatic carbocycles. The molecule has 0 heterocycles. The third-order valence-corrected chi connectivity index (χ3v) is 3.95. The van der Waals surface area contributed by atoms with Crippen LogP contribution in [-0.4, -0.2) is 21.9 Å². The first-order chi connectivity index (χ1) is 8.60. The zero-order valence-corrected chi connectivity index (χ0v) is 14.0. The predicted molar refractivity (Wildman–Crippen MR) is 81.7 cm³/mol. The van der Waals surface area contributed by atoms with Gasteiger partial charge in [-0.05, 0) is 12.8 Å². The van der Waals surface area contributed by atoms with Gasteiger partial charge in [0.2, 0.25) is 9.70 Å². The summed E-state index contributed by atoms with van der Waals surface area (Å²) in [5.74, 6) is -0.132. The molecule has 1 rings (SSSR count). The second-order valence-corrected chi connectivity index (χ2v) is 8.57. The van der Waals surface area contributed by atoms with Crippen LogP contribution in [0.3, 0.4) is 0 Å². The van der Waals surface area contributed by atoms with E-state index in [-0.39, 0.29) is 5.91 Å². The molecule has 112 valence electrons. The molecule has 0 aromatic carbocycles. The van der Waals surface area contributed by atoms with Crippen molar-refractivity contribution in [3.05, 3.63) is 0 Å². The van der Waals surface area contributed by atoms with Crippen LogP contribution in [0.5, 0.6) is 0 Å². The Morgan fingerprint density at radius 3 is 2.05 bits per heavy atom. The average molecular weight is 330 g/mol. The Morgan fingerprint density at radius 1 is 1.11 bits per heavy atom. The van der Waals surface area contributed by atoms with Gasteiger partial charge in [0, 0.05) is 11.5 Å². The van der Waals surface area contributed by atoms with E-state index >= 15 is 0 Å². The summed E-state index contributed by atoms with van der Waals surface area (Å²) >= 11 is 17.9. The molecule has 1 saturated carbocycles. The summed E-state index contributed by atoms with van der Waals surface area (Å²) in [4.78, 5) is 12.0. The van der Waals surface area contributed by atoms with E-state index in [0.717, 1.165) is 12.8 Å². The van der Waals surface area contributed by atoms with Crippen molar-refractivity contribution < 1.29 is 4.79 Å². The maximum Gasteiger partial charge on any atom is 0.226 e. The van der Waals surface area contributed by atoms with Crippen LogP contribution in [0.1, 0.15) is 52.9 Å². The summed E-state index contributed by atoms with van der Waals surface area (Å²) < 4.78 is -1.56. The Morgan fingerprint density at radius 2 is 1.63 bits per heavy atom. The lowest BCUT2D eigenvalue weighted by Gasteiger charge is -2.34. The van der Waals surface area contributed by atoms with E-state index in [2.05, 4.69) is 10.6 Å². The van der Waals surface area contributed by atoms with Crippen LogP contribution < -0.4 is 10.6 Å². The van der Waals surface area contributed by atoms with Crippen molar-refractivity contribution >= 4 is 40.7 Å². The van der Waals surface area contributed by atoms with Gasteiger partial charge in [-0.15, -0.1) is 0 Å². The van der Waals surface area contributed by atoms with E-state index in [0.29, 0.717) is 6.04 Å². The molecule has 0 aromatic rings. The number of carbonyl (C=O) groups is 1. The molecule has 0 aliphatic heterocycles. The van der Waals surface area contributed by atoms with Gasteiger partial charge < -0.3 is 5.32 Å². The van der Waals surface area contributed by atoms with Crippen LogP contribution in [0, 0.1) is 5.41 Å². The number of carbonyl (C=O) groups excluding carboxylic acids is 1. The van der Waals surface area contributed by atoms with Crippen molar-refractivity contribution in [1.29, 1.82) is 0 Å². The molecule has 1 aliphatic rings. The third-order valence-electron chi connectivity index (χ3n) is 3.29.